The minimum atomic E-state index is -4.44. The predicted molar refractivity (Wildman–Crippen MR) is 148 cm³/mol. The average Bonchev–Trinajstić information content (AvgIpc) is 2.81. The van der Waals surface area contributed by atoms with E-state index in [1.807, 2.05) is 21.1 Å². The number of carbonyl (C=O) groups excluding carboxylic acids is 1. The van der Waals surface area contributed by atoms with E-state index in [0.717, 1.165) is 32.1 Å². The summed E-state index contributed by atoms with van der Waals surface area (Å²) >= 11 is 0. The first-order valence-corrected chi connectivity index (χ1v) is 15.8. The number of esters is 1. The van der Waals surface area contributed by atoms with Crippen LogP contribution in [0.2, 0.25) is 0 Å². The average molecular weight is 550 g/mol. The van der Waals surface area contributed by atoms with Crippen LogP contribution < -0.4 is 4.89 Å². The number of nitrogens with zero attached hydrogens (tertiary/aromatic N) is 1. The maximum Gasteiger partial charge on any atom is 0.302 e. The van der Waals surface area contributed by atoms with Gasteiger partial charge in [-0.3, -0.25) is 9.36 Å². The Morgan fingerprint density at radius 3 is 1.89 bits per heavy atom. The summed E-state index contributed by atoms with van der Waals surface area (Å²) in [4.78, 5) is 23.2. The topological polar surface area (TPSA) is 94.1 Å². The minimum Gasteiger partial charge on any atom is -0.756 e. The van der Waals surface area contributed by atoms with E-state index in [0.29, 0.717) is 17.6 Å². The molecule has 0 fully saturated rings. The van der Waals surface area contributed by atoms with E-state index < -0.39 is 19.9 Å². The third-order valence-electron chi connectivity index (χ3n) is 5.91. The molecule has 2 atom stereocenters. The number of hydrogen-bond donors (Lipinski definition) is 0. The Morgan fingerprint density at radius 2 is 1.35 bits per heavy atom. The van der Waals surface area contributed by atoms with Gasteiger partial charge in [-0.2, -0.15) is 0 Å². The molecule has 0 radical (unpaired) electrons. The van der Waals surface area contributed by atoms with Crippen LogP contribution in [0.15, 0.2) is 12.2 Å². The van der Waals surface area contributed by atoms with Gasteiger partial charge in [0.05, 0.1) is 27.7 Å². The van der Waals surface area contributed by atoms with Gasteiger partial charge in [-0.25, -0.2) is 0 Å². The standard InChI is InChI=1S/C28H56NO7P/c1-6-7-8-9-10-11-12-13-14-15-16-17-18-19-20-21-23-33-28(25-34-27(2)30)26-36-37(31,32)35-24-22-29(3,4)5/h15-16,28H,6-14,17-26H2,1-5H3/b16-15-/t28-/m1/s1. The van der Waals surface area contributed by atoms with Gasteiger partial charge in [0.1, 0.15) is 25.9 Å². The van der Waals surface area contributed by atoms with Crippen LogP contribution in [0.25, 0.3) is 0 Å². The summed E-state index contributed by atoms with van der Waals surface area (Å²) in [7, 11) is 1.38. The molecule has 0 aliphatic heterocycles. The second-order valence-electron chi connectivity index (χ2n) is 10.8. The quantitative estimate of drug-likeness (QED) is 0.0418. The summed E-state index contributed by atoms with van der Waals surface area (Å²) < 4.78 is 33.2. The third-order valence-corrected chi connectivity index (χ3v) is 6.88. The first-order chi connectivity index (χ1) is 17.6. The van der Waals surface area contributed by atoms with E-state index in [2.05, 4.69) is 19.1 Å². The fraction of sp³-hybridized carbons (Fsp3) is 0.893. The van der Waals surface area contributed by atoms with E-state index >= 15 is 0 Å². The monoisotopic (exact) mass is 549 g/mol. The number of allylic oxidation sites excluding steroid dienone is 2. The van der Waals surface area contributed by atoms with Gasteiger partial charge in [0.2, 0.25) is 0 Å². The number of quaternary nitrogens is 1. The molecule has 0 aliphatic rings. The van der Waals surface area contributed by atoms with Crippen LogP contribution in [0.1, 0.15) is 104 Å². The maximum absolute atomic E-state index is 12.0. The number of phosphoric acid groups is 1. The first-order valence-electron chi connectivity index (χ1n) is 14.4. The molecule has 0 saturated carbocycles. The molecule has 0 N–H and O–H groups in total. The molecule has 0 aromatic rings. The predicted octanol–water partition coefficient (Wildman–Crippen LogP) is 6.18. The number of likely N-dealkylation sites (N-methyl/N-ethyl adjacent to an activating group) is 1. The highest BCUT2D eigenvalue weighted by Gasteiger charge is 2.18. The zero-order valence-corrected chi connectivity index (χ0v) is 25.3. The Labute approximate surface area is 227 Å². The highest BCUT2D eigenvalue weighted by molar-refractivity contribution is 7.45. The van der Waals surface area contributed by atoms with Crippen molar-refractivity contribution in [3.05, 3.63) is 12.2 Å². The zero-order chi connectivity index (χ0) is 27.8. The molecular formula is C28H56NO7P. The first kappa shape index (κ1) is 36.2. The van der Waals surface area contributed by atoms with Gasteiger partial charge in [0.15, 0.2) is 0 Å². The molecule has 0 rings (SSSR count). The van der Waals surface area contributed by atoms with Crippen molar-refractivity contribution in [3.8, 4) is 0 Å². The second kappa shape index (κ2) is 23.2. The van der Waals surface area contributed by atoms with E-state index in [4.69, 9.17) is 18.5 Å². The van der Waals surface area contributed by atoms with Gasteiger partial charge in [0.25, 0.3) is 7.82 Å². The number of carbonyl (C=O) groups is 1. The van der Waals surface area contributed by atoms with Crippen LogP contribution in [-0.4, -0.2) is 70.7 Å². The molecule has 0 aromatic heterocycles. The second-order valence-corrected chi connectivity index (χ2v) is 12.2. The van der Waals surface area contributed by atoms with Crippen LogP contribution in [0.3, 0.4) is 0 Å². The normalized spacial score (nSPS) is 14.6. The van der Waals surface area contributed by atoms with Crippen molar-refractivity contribution in [2.24, 2.45) is 0 Å². The summed E-state index contributed by atoms with van der Waals surface area (Å²) in [6, 6.07) is 0. The van der Waals surface area contributed by atoms with Gasteiger partial charge in [-0.15, -0.1) is 0 Å². The lowest BCUT2D eigenvalue weighted by Crippen LogP contribution is -2.37. The Balaban J connectivity index is 3.90. The Bertz CT molecular complexity index is 622. The Morgan fingerprint density at radius 1 is 0.811 bits per heavy atom. The smallest absolute Gasteiger partial charge is 0.302 e. The van der Waals surface area contributed by atoms with Crippen molar-refractivity contribution in [2.45, 2.75) is 110 Å². The van der Waals surface area contributed by atoms with Crippen molar-refractivity contribution in [1.82, 2.24) is 0 Å². The van der Waals surface area contributed by atoms with Gasteiger partial charge in [-0.1, -0.05) is 76.9 Å². The fourth-order valence-corrected chi connectivity index (χ4v) is 4.32. The number of ether oxygens (including phenoxy) is 2. The third kappa shape index (κ3) is 28.1. The Kier molecular flexibility index (Phi) is 22.7. The molecule has 0 aliphatic carbocycles. The van der Waals surface area contributed by atoms with Crippen molar-refractivity contribution < 1.29 is 37.3 Å². The van der Waals surface area contributed by atoms with Crippen LogP contribution in [0.5, 0.6) is 0 Å². The maximum atomic E-state index is 12.0. The minimum absolute atomic E-state index is 0.0358. The van der Waals surface area contributed by atoms with Gasteiger partial charge in [0, 0.05) is 13.5 Å². The molecule has 1 unspecified atom stereocenters. The van der Waals surface area contributed by atoms with E-state index in [-0.39, 0.29) is 19.8 Å². The van der Waals surface area contributed by atoms with Crippen LogP contribution in [0, 0.1) is 0 Å². The molecule has 0 heterocycles. The summed E-state index contributed by atoms with van der Waals surface area (Å²) in [6.45, 7) is 4.27. The number of unbranched alkanes of at least 4 members (excludes halogenated alkanes) is 12. The van der Waals surface area contributed by atoms with Crippen molar-refractivity contribution in [2.75, 3.05) is 54.1 Å². The van der Waals surface area contributed by atoms with Crippen LogP contribution in [0.4, 0.5) is 0 Å². The molecule has 0 saturated heterocycles. The highest BCUT2D eigenvalue weighted by Crippen LogP contribution is 2.38. The molecule has 0 bridgehead atoms. The van der Waals surface area contributed by atoms with Crippen LogP contribution in [-0.2, 0) is 27.9 Å². The van der Waals surface area contributed by atoms with Gasteiger partial charge in [-0.05, 0) is 32.1 Å². The molecule has 220 valence electrons. The lowest BCUT2D eigenvalue weighted by molar-refractivity contribution is -0.870. The van der Waals surface area contributed by atoms with E-state index in [9.17, 15) is 14.3 Å². The lowest BCUT2D eigenvalue weighted by atomic mass is 10.1. The number of phosphoric ester groups is 1. The van der Waals surface area contributed by atoms with E-state index in [1.165, 1.54) is 64.7 Å². The number of rotatable bonds is 26. The number of hydrogen-bond acceptors (Lipinski definition) is 7. The molecule has 8 nitrogen and oxygen atoms in total. The molecular weight excluding hydrogens is 493 g/mol. The Hall–Kier alpha value is -0.760. The fourth-order valence-electron chi connectivity index (χ4n) is 3.59. The zero-order valence-electron chi connectivity index (χ0n) is 24.4. The highest BCUT2D eigenvalue weighted by atomic mass is 31.2. The SMILES string of the molecule is CCCCCCCCCC/C=C\CCCCCCO[C@H](COC(C)=O)COP(=O)([O-])OCC[N+](C)(C)C. The summed E-state index contributed by atoms with van der Waals surface area (Å²) in [5, 5.41) is 0. The lowest BCUT2D eigenvalue weighted by Gasteiger charge is -2.28. The molecule has 0 aromatic carbocycles. The molecule has 0 amide bonds. The van der Waals surface area contributed by atoms with E-state index in [1.54, 1.807) is 0 Å². The summed E-state index contributed by atoms with van der Waals surface area (Å²) in [5.74, 6) is -0.450. The van der Waals surface area contributed by atoms with Crippen LogP contribution >= 0.6 is 7.82 Å². The molecule has 9 heteroatoms. The molecule has 37 heavy (non-hydrogen) atoms. The van der Waals surface area contributed by atoms with Crippen molar-refractivity contribution in [1.29, 1.82) is 0 Å². The van der Waals surface area contributed by atoms with Crippen molar-refractivity contribution in [3.63, 3.8) is 0 Å². The van der Waals surface area contributed by atoms with Crippen molar-refractivity contribution >= 4 is 13.8 Å². The molecule has 0 spiro atoms. The summed E-state index contributed by atoms with van der Waals surface area (Å²) in [6.07, 6.45) is 21.3. The largest absolute Gasteiger partial charge is 0.756 e. The summed E-state index contributed by atoms with van der Waals surface area (Å²) in [5.41, 5.74) is 0. The van der Waals surface area contributed by atoms with Gasteiger partial charge < -0.3 is 27.9 Å². The van der Waals surface area contributed by atoms with Gasteiger partial charge >= 0.3 is 5.97 Å².